The lowest BCUT2D eigenvalue weighted by molar-refractivity contribution is 0.576. The highest BCUT2D eigenvalue weighted by Gasteiger charge is 2.29. The maximum Gasteiger partial charge on any atom is 0.178 e. The average molecular weight is 342 g/mol. The van der Waals surface area contributed by atoms with Crippen molar-refractivity contribution in [1.82, 2.24) is 0 Å². The van der Waals surface area contributed by atoms with Crippen LogP contribution in [0.4, 0.5) is 5.69 Å². The van der Waals surface area contributed by atoms with Crippen molar-refractivity contribution in [3.05, 3.63) is 58.1 Å². The Morgan fingerprint density at radius 2 is 1.71 bits per heavy atom. The van der Waals surface area contributed by atoms with Crippen LogP contribution in [-0.2, 0) is 9.84 Å². The van der Waals surface area contributed by atoms with Crippen LogP contribution in [0, 0.1) is 0 Å². The lowest BCUT2D eigenvalue weighted by atomic mass is 10.0. The van der Waals surface area contributed by atoms with Gasteiger partial charge in [-0.1, -0.05) is 41.4 Å². The Morgan fingerprint density at radius 3 is 2.43 bits per heavy atom. The Kier molecular flexibility index (Phi) is 3.86. The summed E-state index contributed by atoms with van der Waals surface area (Å²) >= 11 is 12.0. The third kappa shape index (κ3) is 3.03. The van der Waals surface area contributed by atoms with Gasteiger partial charge >= 0.3 is 0 Å². The predicted molar refractivity (Wildman–Crippen MR) is 85.9 cm³/mol. The molecule has 1 aliphatic rings. The second-order valence-corrected chi connectivity index (χ2v) is 7.95. The van der Waals surface area contributed by atoms with Crippen molar-refractivity contribution in [2.24, 2.45) is 0 Å². The number of hydrogen-bond donors (Lipinski definition) is 1. The molecule has 2 aromatic rings. The maximum atomic E-state index is 12.1. The molecule has 0 fully saturated rings. The molecule has 110 valence electrons. The van der Waals surface area contributed by atoms with Crippen molar-refractivity contribution >= 4 is 38.7 Å². The van der Waals surface area contributed by atoms with Gasteiger partial charge in [-0.2, -0.15) is 0 Å². The highest BCUT2D eigenvalue weighted by molar-refractivity contribution is 7.91. The standard InChI is InChI=1S/C15H13Cl2NO2S/c16-10-7-11(17)9-12(8-10)18-14-5-6-21(19,20)15-4-2-1-3-13(14)15/h1-4,7-9,14,18H,5-6H2. The number of nitrogens with one attached hydrogen (secondary N) is 1. The number of rotatable bonds is 2. The third-order valence-electron chi connectivity index (χ3n) is 3.51. The normalized spacial score (nSPS) is 19.8. The minimum Gasteiger partial charge on any atom is -0.378 e. The van der Waals surface area contributed by atoms with Crippen LogP contribution in [0.15, 0.2) is 47.4 Å². The Balaban J connectivity index is 1.97. The molecule has 0 radical (unpaired) electrons. The molecular weight excluding hydrogens is 329 g/mol. The largest absolute Gasteiger partial charge is 0.378 e. The summed E-state index contributed by atoms with van der Waals surface area (Å²) in [5.41, 5.74) is 1.58. The summed E-state index contributed by atoms with van der Waals surface area (Å²) < 4.78 is 24.2. The summed E-state index contributed by atoms with van der Waals surface area (Å²) in [5.74, 6) is 0.135. The third-order valence-corrected chi connectivity index (χ3v) is 5.76. The van der Waals surface area contributed by atoms with Crippen molar-refractivity contribution in [3.63, 3.8) is 0 Å². The van der Waals surface area contributed by atoms with Crippen LogP contribution >= 0.6 is 23.2 Å². The Bertz CT molecular complexity index is 770. The molecular formula is C15H13Cl2NO2S. The second kappa shape index (κ2) is 5.52. The first kappa shape index (κ1) is 14.7. The molecule has 21 heavy (non-hydrogen) atoms. The van der Waals surface area contributed by atoms with Crippen molar-refractivity contribution in [2.45, 2.75) is 17.4 Å². The summed E-state index contributed by atoms with van der Waals surface area (Å²) in [5, 5.41) is 4.41. The molecule has 6 heteroatoms. The van der Waals surface area contributed by atoms with E-state index in [1.165, 1.54) is 0 Å². The van der Waals surface area contributed by atoms with Crippen molar-refractivity contribution in [3.8, 4) is 0 Å². The Morgan fingerprint density at radius 1 is 1.05 bits per heavy atom. The zero-order valence-corrected chi connectivity index (χ0v) is 13.3. The van der Waals surface area contributed by atoms with Gasteiger partial charge in [-0.3, -0.25) is 0 Å². The molecule has 0 saturated heterocycles. The van der Waals surface area contributed by atoms with E-state index >= 15 is 0 Å². The molecule has 2 aromatic carbocycles. The van der Waals surface area contributed by atoms with Gasteiger partial charge in [-0.15, -0.1) is 0 Å². The molecule has 0 amide bonds. The van der Waals surface area contributed by atoms with E-state index in [9.17, 15) is 8.42 Å². The van der Waals surface area contributed by atoms with Gasteiger partial charge < -0.3 is 5.32 Å². The lowest BCUT2D eigenvalue weighted by Crippen LogP contribution is -2.24. The average Bonchev–Trinajstić information content (AvgIpc) is 2.41. The van der Waals surface area contributed by atoms with E-state index < -0.39 is 9.84 Å². The highest BCUT2D eigenvalue weighted by Crippen LogP contribution is 2.35. The van der Waals surface area contributed by atoms with E-state index in [1.54, 1.807) is 30.3 Å². The fraction of sp³-hybridized carbons (Fsp3) is 0.200. The van der Waals surface area contributed by atoms with Crippen LogP contribution in [0.25, 0.3) is 0 Å². The molecule has 1 N–H and O–H groups in total. The molecule has 0 saturated carbocycles. The van der Waals surface area contributed by atoms with Crippen LogP contribution < -0.4 is 5.32 Å². The Hall–Kier alpha value is -1.23. The SMILES string of the molecule is O=S1(=O)CCC(Nc2cc(Cl)cc(Cl)c2)c2ccccc21. The van der Waals surface area contributed by atoms with Gasteiger partial charge in [-0.05, 0) is 36.2 Å². The summed E-state index contributed by atoms with van der Waals surface area (Å²) in [6, 6.07) is 12.2. The van der Waals surface area contributed by atoms with Gasteiger partial charge in [0.2, 0.25) is 0 Å². The number of halogens is 2. The first-order valence-corrected chi connectivity index (χ1v) is 8.91. The fourth-order valence-electron chi connectivity index (χ4n) is 2.58. The summed E-state index contributed by atoms with van der Waals surface area (Å²) in [6.07, 6.45) is 0.517. The lowest BCUT2D eigenvalue weighted by Gasteiger charge is -2.27. The number of benzene rings is 2. The fourth-order valence-corrected chi connectivity index (χ4v) is 4.73. The number of anilines is 1. The van der Waals surface area contributed by atoms with Crippen molar-refractivity contribution in [1.29, 1.82) is 0 Å². The van der Waals surface area contributed by atoms with Crippen LogP contribution in [0.5, 0.6) is 0 Å². The number of fused-ring (bicyclic) bond motifs is 1. The molecule has 3 nitrogen and oxygen atoms in total. The van der Waals surface area contributed by atoms with Gasteiger partial charge in [0.25, 0.3) is 0 Å². The quantitative estimate of drug-likeness (QED) is 0.884. The summed E-state index contributed by atoms with van der Waals surface area (Å²) in [7, 11) is -3.18. The van der Waals surface area contributed by atoms with Crippen LogP contribution in [0.2, 0.25) is 10.0 Å². The highest BCUT2D eigenvalue weighted by atomic mass is 35.5. The smallest absolute Gasteiger partial charge is 0.178 e. The van der Waals surface area contributed by atoms with E-state index in [1.807, 2.05) is 12.1 Å². The number of hydrogen-bond acceptors (Lipinski definition) is 3. The summed E-state index contributed by atoms with van der Waals surface area (Å²) in [6.45, 7) is 0. The first-order valence-electron chi connectivity index (χ1n) is 6.50. The molecule has 0 aromatic heterocycles. The van der Waals surface area contributed by atoms with E-state index in [2.05, 4.69) is 5.32 Å². The van der Waals surface area contributed by atoms with Gasteiger partial charge in [-0.25, -0.2) is 8.42 Å². The van der Waals surface area contributed by atoms with Crippen LogP contribution in [-0.4, -0.2) is 14.2 Å². The minimum absolute atomic E-state index is 0.0701. The van der Waals surface area contributed by atoms with Gasteiger partial charge in [0.05, 0.1) is 16.7 Å². The predicted octanol–water partition coefficient (Wildman–Crippen LogP) is 4.32. The van der Waals surface area contributed by atoms with Crippen LogP contribution in [0.3, 0.4) is 0 Å². The second-order valence-electron chi connectivity index (χ2n) is 5.00. The van der Waals surface area contributed by atoms with Crippen molar-refractivity contribution in [2.75, 3.05) is 11.1 Å². The molecule has 0 aliphatic carbocycles. The zero-order valence-electron chi connectivity index (χ0n) is 11.0. The topological polar surface area (TPSA) is 46.2 Å². The van der Waals surface area contributed by atoms with Crippen molar-refractivity contribution < 1.29 is 8.42 Å². The number of sulfone groups is 1. The monoisotopic (exact) mass is 341 g/mol. The first-order chi connectivity index (χ1) is 9.95. The van der Waals surface area contributed by atoms with E-state index in [0.29, 0.717) is 21.4 Å². The van der Waals surface area contributed by atoms with Gasteiger partial charge in [0.1, 0.15) is 0 Å². The molecule has 1 heterocycles. The summed E-state index contributed by atoms with van der Waals surface area (Å²) in [4.78, 5) is 0.405. The Labute approximate surface area is 133 Å². The van der Waals surface area contributed by atoms with E-state index in [4.69, 9.17) is 23.2 Å². The molecule has 1 unspecified atom stereocenters. The van der Waals surface area contributed by atoms with Gasteiger partial charge in [0.15, 0.2) is 9.84 Å². The van der Waals surface area contributed by atoms with E-state index in [0.717, 1.165) is 11.3 Å². The minimum atomic E-state index is -3.18. The molecule has 1 atom stereocenters. The molecule has 0 spiro atoms. The molecule has 1 aliphatic heterocycles. The molecule has 3 rings (SSSR count). The maximum absolute atomic E-state index is 12.1. The zero-order chi connectivity index (χ0) is 15.0. The van der Waals surface area contributed by atoms with E-state index in [-0.39, 0.29) is 11.8 Å². The van der Waals surface area contributed by atoms with Gasteiger partial charge in [0, 0.05) is 15.7 Å². The molecule has 0 bridgehead atoms. The van der Waals surface area contributed by atoms with Crippen LogP contribution in [0.1, 0.15) is 18.0 Å².